The largest absolute Gasteiger partial charge is 0.232 e. The van der Waals surface area contributed by atoms with E-state index in [4.69, 9.17) is 5.26 Å². The van der Waals surface area contributed by atoms with Crippen molar-refractivity contribution in [3.05, 3.63) is 0 Å². The Balaban J connectivity index is 2.58. The number of hydrogen-bond acceptors (Lipinski definition) is 2. The first-order chi connectivity index (χ1) is 6.40. The van der Waals surface area contributed by atoms with Gasteiger partial charge in [0.15, 0.2) is 0 Å². The number of unbranched alkanes of at least 4 members (excludes halogenated alkanes) is 1. The van der Waals surface area contributed by atoms with Gasteiger partial charge < -0.3 is 0 Å². The van der Waals surface area contributed by atoms with E-state index in [2.05, 4.69) is 34.8 Å². The van der Waals surface area contributed by atoms with Crippen LogP contribution in [0.4, 0.5) is 0 Å². The third-order valence-electron chi connectivity index (χ3n) is 2.81. The summed E-state index contributed by atoms with van der Waals surface area (Å²) >= 11 is 0. The van der Waals surface area contributed by atoms with Crippen LogP contribution in [0, 0.1) is 11.3 Å². The minimum Gasteiger partial charge on any atom is -0.232 e. The number of hydrogen-bond donors (Lipinski definition) is 0. The summed E-state index contributed by atoms with van der Waals surface area (Å²) in [4.78, 5) is 0. The van der Waals surface area contributed by atoms with E-state index in [0.717, 1.165) is 13.0 Å². The van der Waals surface area contributed by atoms with Crippen molar-refractivity contribution in [3.8, 4) is 6.07 Å². The minimum absolute atomic E-state index is 0.514. The van der Waals surface area contributed by atoms with Gasteiger partial charge in [-0.05, 0) is 42.9 Å². The van der Waals surface area contributed by atoms with E-state index in [-0.39, 0.29) is 0 Å². The first-order valence-corrected chi connectivity index (χ1v) is 10.1. The van der Waals surface area contributed by atoms with E-state index in [1.54, 1.807) is 0 Å². The fraction of sp³-hybridized carbons (Fsp3) is 0.900. The quantitative estimate of drug-likeness (QED) is 0.702. The number of nitrogens with zero attached hydrogens (tertiary/aromatic N) is 2. The normalized spacial score (nSPS) is 29.4. The highest BCUT2D eigenvalue weighted by atomic mass is 32.3. The van der Waals surface area contributed by atoms with Gasteiger partial charge in [-0.25, -0.2) is 3.71 Å². The Labute approximate surface area is 91.6 Å². The van der Waals surface area contributed by atoms with Gasteiger partial charge in [-0.15, -0.1) is 0 Å². The molecule has 0 atom stereocenters. The highest BCUT2D eigenvalue weighted by Gasteiger charge is 2.37. The summed E-state index contributed by atoms with van der Waals surface area (Å²) in [6.45, 7) is 1.14. The van der Waals surface area contributed by atoms with Gasteiger partial charge in [0.25, 0.3) is 0 Å². The zero-order valence-corrected chi connectivity index (χ0v) is 11.4. The lowest BCUT2D eigenvalue weighted by Crippen LogP contribution is -2.24. The van der Waals surface area contributed by atoms with Gasteiger partial charge in [0.1, 0.15) is 0 Å². The summed E-state index contributed by atoms with van der Waals surface area (Å²) in [5.41, 5.74) is 0. The van der Waals surface area contributed by atoms with Crippen molar-refractivity contribution in [1.82, 2.24) is 3.71 Å². The average molecular weight is 234 g/mol. The molecule has 0 bridgehead atoms. The molecular weight excluding hydrogens is 212 g/mol. The zero-order chi connectivity index (χ0) is 10.8. The molecular formula is C10H22N2S2. The maximum atomic E-state index is 8.55. The average Bonchev–Trinajstić information content (AvgIpc) is 2.27. The first-order valence-electron chi connectivity index (χ1n) is 4.97. The molecule has 14 heavy (non-hydrogen) atoms. The molecule has 0 N–H and O–H groups in total. The third-order valence-corrected chi connectivity index (χ3v) is 10.5. The molecule has 1 rings (SSSR count). The van der Waals surface area contributed by atoms with Gasteiger partial charge in [-0.3, -0.25) is 0 Å². The van der Waals surface area contributed by atoms with Crippen molar-refractivity contribution in [3.63, 3.8) is 0 Å². The molecule has 1 heterocycles. The molecule has 0 unspecified atom stereocenters. The van der Waals surface area contributed by atoms with Crippen LogP contribution in [0.5, 0.6) is 0 Å². The molecule has 1 aliphatic heterocycles. The van der Waals surface area contributed by atoms with Crippen molar-refractivity contribution in [2.45, 2.75) is 12.8 Å². The van der Waals surface area contributed by atoms with E-state index in [1.165, 1.54) is 11.5 Å². The number of nitriles is 1. The summed E-state index contributed by atoms with van der Waals surface area (Å²) in [6.07, 6.45) is 11.4. The maximum Gasteiger partial charge on any atom is 0.0622 e. The molecule has 1 fully saturated rings. The molecule has 4 heteroatoms. The fourth-order valence-corrected chi connectivity index (χ4v) is 11.7. The van der Waals surface area contributed by atoms with Crippen LogP contribution in [0.15, 0.2) is 0 Å². The van der Waals surface area contributed by atoms with Gasteiger partial charge in [0, 0.05) is 13.0 Å². The summed E-state index contributed by atoms with van der Waals surface area (Å²) in [5.74, 6) is 2.78. The zero-order valence-electron chi connectivity index (χ0n) is 9.75. The van der Waals surface area contributed by atoms with E-state index in [1.807, 2.05) is 0 Å². The molecule has 0 radical (unpaired) electrons. The molecule has 0 saturated carbocycles. The van der Waals surface area contributed by atoms with E-state index < -0.39 is 20.4 Å². The topological polar surface area (TPSA) is 27.0 Å². The molecule has 0 spiro atoms. The van der Waals surface area contributed by atoms with Gasteiger partial charge in [-0.1, -0.05) is 0 Å². The van der Waals surface area contributed by atoms with E-state index >= 15 is 0 Å². The molecule has 2 nitrogen and oxygen atoms in total. The van der Waals surface area contributed by atoms with Gasteiger partial charge in [-0.2, -0.15) is 25.7 Å². The lowest BCUT2D eigenvalue weighted by Gasteiger charge is -2.46. The van der Waals surface area contributed by atoms with Crippen LogP contribution in [0.25, 0.3) is 0 Å². The van der Waals surface area contributed by atoms with Crippen LogP contribution < -0.4 is 0 Å². The highest BCUT2D eigenvalue weighted by molar-refractivity contribution is 8.47. The minimum atomic E-state index is -0.514. The SMILES string of the molecule is CS1(C)CCS(C)(C)N1CCCC#N. The van der Waals surface area contributed by atoms with Gasteiger partial charge in [0.05, 0.1) is 6.07 Å². The number of rotatable bonds is 3. The van der Waals surface area contributed by atoms with Gasteiger partial charge in [0.2, 0.25) is 0 Å². The van der Waals surface area contributed by atoms with Crippen molar-refractivity contribution in [2.75, 3.05) is 43.1 Å². The summed E-state index contributed by atoms with van der Waals surface area (Å²) < 4.78 is 2.73. The predicted molar refractivity (Wildman–Crippen MR) is 70.2 cm³/mol. The molecule has 0 aromatic heterocycles. The Hall–Kier alpha value is 0.150. The van der Waals surface area contributed by atoms with Crippen LogP contribution in [-0.2, 0) is 0 Å². The lowest BCUT2D eigenvalue weighted by atomic mass is 10.3. The second-order valence-corrected chi connectivity index (χ2v) is 12.5. The third kappa shape index (κ3) is 2.59. The van der Waals surface area contributed by atoms with Crippen LogP contribution in [0.1, 0.15) is 12.8 Å². The van der Waals surface area contributed by atoms with Crippen molar-refractivity contribution >= 4 is 20.4 Å². The van der Waals surface area contributed by atoms with Crippen LogP contribution in [-0.4, -0.2) is 46.8 Å². The monoisotopic (exact) mass is 234 g/mol. The fourth-order valence-electron chi connectivity index (χ4n) is 1.94. The Morgan fingerprint density at radius 2 is 1.64 bits per heavy atom. The smallest absolute Gasteiger partial charge is 0.0622 e. The standard InChI is InChI=1S/C10H22N2S2/c1-13(2)9-10-14(3,4)12(13)8-6-5-7-11/h5-6,8-10H2,1-4H3. The Kier molecular flexibility index (Phi) is 3.79. The Morgan fingerprint density at radius 3 is 2.07 bits per heavy atom. The van der Waals surface area contributed by atoms with E-state index in [0.29, 0.717) is 6.42 Å². The molecule has 1 aliphatic rings. The predicted octanol–water partition coefficient (Wildman–Crippen LogP) is 2.56. The molecule has 84 valence electrons. The molecule has 0 aromatic carbocycles. The molecule has 0 amide bonds. The Morgan fingerprint density at radius 1 is 1.14 bits per heavy atom. The Bertz CT molecular complexity index is 227. The van der Waals surface area contributed by atoms with Crippen molar-refractivity contribution in [1.29, 1.82) is 5.26 Å². The molecule has 1 saturated heterocycles. The highest BCUT2D eigenvalue weighted by Crippen LogP contribution is 2.67. The second kappa shape index (κ2) is 4.34. The van der Waals surface area contributed by atoms with Crippen molar-refractivity contribution in [2.24, 2.45) is 0 Å². The lowest BCUT2D eigenvalue weighted by molar-refractivity contribution is 0.669. The van der Waals surface area contributed by atoms with E-state index in [9.17, 15) is 0 Å². The van der Waals surface area contributed by atoms with Crippen molar-refractivity contribution < 1.29 is 0 Å². The maximum absolute atomic E-state index is 8.55. The van der Waals surface area contributed by atoms with Crippen LogP contribution >= 0.6 is 20.4 Å². The van der Waals surface area contributed by atoms with Crippen LogP contribution in [0.3, 0.4) is 0 Å². The summed E-state index contributed by atoms with van der Waals surface area (Å²) in [6, 6.07) is 2.24. The molecule has 0 aliphatic carbocycles. The molecule has 0 aromatic rings. The first kappa shape index (κ1) is 12.2. The summed E-state index contributed by atoms with van der Waals surface area (Å²) in [5, 5.41) is 8.55. The second-order valence-electron chi connectivity index (χ2n) is 4.69. The summed E-state index contributed by atoms with van der Waals surface area (Å²) in [7, 11) is -1.03. The van der Waals surface area contributed by atoms with Gasteiger partial charge >= 0.3 is 0 Å². The van der Waals surface area contributed by atoms with Crippen LogP contribution in [0.2, 0.25) is 0 Å².